The zero-order valence-electron chi connectivity index (χ0n) is 20.1. The van der Waals surface area contributed by atoms with E-state index in [0.29, 0.717) is 5.56 Å². The summed E-state index contributed by atoms with van der Waals surface area (Å²) in [6.07, 6.45) is 0. The summed E-state index contributed by atoms with van der Waals surface area (Å²) >= 11 is 7.01. The summed E-state index contributed by atoms with van der Waals surface area (Å²) in [5.74, 6) is 1.81. The van der Waals surface area contributed by atoms with E-state index in [-0.39, 0.29) is 5.41 Å². The van der Waals surface area contributed by atoms with E-state index < -0.39 is 0 Å². The van der Waals surface area contributed by atoms with E-state index in [4.69, 9.17) is 4.98 Å². The molecule has 0 aliphatic heterocycles. The number of thioether (sulfide) groups is 2. The lowest BCUT2D eigenvalue weighted by molar-refractivity contribution is 0.590. The van der Waals surface area contributed by atoms with Gasteiger partial charge < -0.3 is 0 Å². The van der Waals surface area contributed by atoms with Gasteiger partial charge in [-0.15, -0.1) is 23.5 Å². The van der Waals surface area contributed by atoms with Crippen LogP contribution in [0.1, 0.15) is 31.9 Å². The zero-order chi connectivity index (χ0) is 24.8. The minimum Gasteiger partial charge on any atom is -0.240 e. The molecule has 1 aromatic heterocycles. The van der Waals surface area contributed by atoms with Gasteiger partial charge in [0.05, 0.1) is 11.3 Å². The van der Waals surface area contributed by atoms with E-state index in [2.05, 4.69) is 79.2 Å². The Kier molecular flexibility index (Phi) is 8.38. The number of benzene rings is 3. The molecule has 0 amide bonds. The third kappa shape index (κ3) is 6.58. The number of rotatable bonds is 7. The van der Waals surface area contributed by atoms with Gasteiger partial charge >= 0.3 is 0 Å². The van der Waals surface area contributed by atoms with Gasteiger partial charge in [0.25, 0.3) is 0 Å². The summed E-state index contributed by atoms with van der Waals surface area (Å²) in [5.41, 5.74) is 6.01. The molecule has 0 unspecified atom stereocenters. The summed E-state index contributed by atoms with van der Waals surface area (Å²) in [6.45, 7) is 6.70. The molecule has 0 fully saturated rings. The maximum Gasteiger partial charge on any atom is 0.115 e. The standard InChI is InChI=1S/C30H27BrN2S2/c1-30(2,3)23-11-15-25(16-12-23)34-17-18-35-29-27(20-32)26(21-7-5-4-6-8-21)19-28(33-29)22-9-13-24(31)14-10-22/h4-16,19H,17-18H2,1-3H3. The number of hydrogen-bond donors (Lipinski definition) is 0. The van der Waals surface area contributed by atoms with Crippen molar-refractivity contribution in [1.82, 2.24) is 4.98 Å². The normalized spacial score (nSPS) is 11.3. The second-order valence-electron chi connectivity index (χ2n) is 9.19. The lowest BCUT2D eigenvalue weighted by atomic mass is 9.87. The smallest absolute Gasteiger partial charge is 0.115 e. The van der Waals surface area contributed by atoms with E-state index >= 15 is 0 Å². The number of nitrogens with zero attached hydrogens (tertiary/aromatic N) is 2. The van der Waals surface area contributed by atoms with Crippen molar-refractivity contribution in [3.05, 3.63) is 101 Å². The largest absolute Gasteiger partial charge is 0.240 e. The Bertz CT molecular complexity index is 1320. The maximum atomic E-state index is 10.1. The number of aromatic nitrogens is 1. The lowest BCUT2D eigenvalue weighted by Crippen LogP contribution is -2.10. The zero-order valence-corrected chi connectivity index (χ0v) is 23.3. The third-order valence-corrected chi connectivity index (χ3v) is 8.41. The Morgan fingerprint density at radius 2 is 1.49 bits per heavy atom. The van der Waals surface area contributed by atoms with Crippen molar-refractivity contribution in [3.63, 3.8) is 0 Å². The van der Waals surface area contributed by atoms with E-state index in [1.54, 1.807) is 11.8 Å². The van der Waals surface area contributed by atoms with Gasteiger partial charge in [0, 0.05) is 32.0 Å². The Morgan fingerprint density at radius 3 is 2.11 bits per heavy atom. The van der Waals surface area contributed by atoms with Crippen molar-refractivity contribution in [3.8, 4) is 28.5 Å². The molecule has 1 heterocycles. The van der Waals surface area contributed by atoms with Crippen molar-refractivity contribution in [2.45, 2.75) is 36.1 Å². The predicted molar refractivity (Wildman–Crippen MR) is 154 cm³/mol. The molecule has 0 bridgehead atoms. The van der Waals surface area contributed by atoms with Crippen LogP contribution in [0.2, 0.25) is 0 Å². The fourth-order valence-corrected chi connectivity index (χ4v) is 5.85. The topological polar surface area (TPSA) is 36.7 Å². The second-order valence-corrected chi connectivity index (χ2v) is 12.4. The van der Waals surface area contributed by atoms with Crippen LogP contribution in [0.4, 0.5) is 0 Å². The highest BCUT2D eigenvalue weighted by Gasteiger charge is 2.16. The van der Waals surface area contributed by atoms with Crippen molar-refractivity contribution >= 4 is 39.5 Å². The third-order valence-electron chi connectivity index (χ3n) is 5.63. The van der Waals surface area contributed by atoms with E-state index in [0.717, 1.165) is 43.4 Å². The van der Waals surface area contributed by atoms with Crippen LogP contribution in [0.5, 0.6) is 0 Å². The molecular weight excluding hydrogens is 532 g/mol. The summed E-state index contributed by atoms with van der Waals surface area (Å²) in [7, 11) is 0. The average Bonchev–Trinajstić information content (AvgIpc) is 2.87. The summed E-state index contributed by atoms with van der Waals surface area (Å²) in [5, 5.41) is 10.9. The maximum absolute atomic E-state index is 10.1. The van der Waals surface area contributed by atoms with Crippen LogP contribution >= 0.6 is 39.5 Å². The molecule has 5 heteroatoms. The molecule has 0 N–H and O–H groups in total. The average molecular weight is 560 g/mol. The molecular formula is C30H27BrN2S2. The minimum atomic E-state index is 0.161. The molecule has 0 aliphatic rings. The van der Waals surface area contributed by atoms with Crippen LogP contribution in [0, 0.1) is 11.3 Å². The monoisotopic (exact) mass is 558 g/mol. The van der Waals surface area contributed by atoms with Crippen LogP contribution in [-0.2, 0) is 5.41 Å². The highest BCUT2D eigenvalue weighted by molar-refractivity contribution is 9.10. The predicted octanol–water partition coefficient (Wildman–Crippen LogP) is 9.23. The molecule has 0 atom stereocenters. The Morgan fingerprint density at radius 1 is 0.829 bits per heavy atom. The van der Waals surface area contributed by atoms with Gasteiger partial charge in [0.1, 0.15) is 11.1 Å². The minimum absolute atomic E-state index is 0.161. The number of pyridine rings is 1. The van der Waals surface area contributed by atoms with Gasteiger partial charge in [-0.25, -0.2) is 4.98 Å². The van der Waals surface area contributed by atoms with E-state index in [1.165, 1.54) is 10.5 Å². The Hall–Kier alpha value is -2.52. The first-order valence-corrected chi connectivity index (χ1v) is 14.2. The summed E-state index contributed by atoms with van der Waals surface area (Å²) in [4.78, 5) is 6.19. The van der Waals surface area contributed by atoms with Gasteiger partial charge in [-0.1, -0.05) is 91.3 Å². The van der Waals surface area contributed by atoms with E-state index in [9.17, 15) is 5.26 Å². The molecule has 2 nitrogen and oxygen atoms in total. The highest BCUT2D eigenvalue weighted by Crippen LogP contribution is 2.35. The number of halogens is 1. The first-order valence-electron chi connectivity index (χ1n) is 11.5. The quantitative estimate of drug-likeness (QED) is 0.167. The fraction of sp³-hybridized carbons (Fsp3) is 0.200. The van der Waals surface area contributed by atoms with Crippen LogP contribution in [0.25, 0.3) is 22.4 Å². The Balaban J connectivity index is 1.57. The molecule has 0 saturated carbocycles. The molecule has 176 valence electrons. The van der Waals surface area contributed by atoms with Crippen molar-refractivity contribution in [2.24, 2.45) is 0 Å². The summed E-state index contributed by atoms with van der Waals surface area (Å²) in [6, 6.07) is 31.6. The van der Waals surface area contributed by atoms with Gasteiger partial charge in [0.15, 0.2) is 0 Å². The molecule has 0 radical (unpaired) electrons. The number of hydrogen-bond acceptors (Lipinski definition) is 4. The molecule has 3 aromatic carbocycles. The van der Waals surface area contributed by atoms with Crippen LogP contribution in [0.3, 0.4) is 0 Å². The van der Waals surface area contributed by atoms with Crippen molar-refractivity contribution in [2.75, 3.05) is 11.5 Å². The van der Waals surface area contributed by atoms with Crippen LogP contribution in [0.15, 0.2) is 99.3 Å². The van der Waals surface area contributed by atoms with Gasteiger partial charge in [-0.3, -0.25) is 0 Å². The molecule has 0 aliphatic carbocycles. The first-order chi connectivity index (χ1) is 16.8. The molecule has 35 heavy (non-hydrogen) atoms. The summed E-state index contributed by atoms with van der Waals surface area (Å²) < 4.78 is 1.03. The van der Waals surface area contributed by atoms with Crippen molar-refractivity contribution < 1.29 is 0 Å². The molecule has 4 rings (SSSR count). The van der Waals surface area contributed by atoms with Crippen LogP contribution < -0.4 is 0 Å². The Labute approximate surface area is 225 Å². The van der Waals surface area contributed by atoms with Crippen LogP contribution in [-0.4, -0.2) is 16.5 Å². The molecule has 0 saturated heterocycles. The molecule has 4 aromatic rings. The van der Waals surface area contributed by atoms with Gasteiger partial charge in [-0.2, -0.15) is 5.26 Å². The van der Waals surface area contributed by atoms with Crippen molar-refractivity contribution in [1.29, 1.82) is 5.26 Å². The van der Waals surface area contributed by atoms with Gasteiger partial charge in [0.2, 0.25) is 0 Å². The SMILES string of the molecule is CC(C)(C)c1ccc(SCCSc2nc(-c3ccc(Br)cc3)cc(-c3ccccc3)c2C#N)cc1. The molecule has 0 spiro atoms. The van der Waals surface area contributed by atoms with Gasteiger partial charge in [-0.05, 0) is 46.9 Å². The van der Waals surface area contributed by atoms with E-state index in [1.807, 2.05) is 60.3 Å². The first kappa shape index (κ1) is 25.6. The lowest BCUT2D eigenvalue weighted by Gasteiger charge is -2.19. The second kappa shape index (κ2) is 11.5. The fourth-order valence-electron chi connectivity index (χ4n) is 3.70. The number of nitriles is 1. The highest BCUT2D eigenvalue weighted by atomic mass is 79.9.